The molecule has 0 aliphatic carbocycles. The number of pyridine rings is 1. The van der Waals surface area contributed by atoms with Crippen LogP contribution in [0.25, 0.3) is 0 Å². The predicted molar refractivity (Wildman–Crippen MR) is 91.1 cm³/mol. The molecule has 21 heavy (non-hydrogen) atoms. The van der Waals surface area contributed by atoms with E-state index in [0.717, 1.165) is 31.9 Å². The molecule has 1 aliphatic heterocycles. The van der Waals surface area contributed by atoms with E-state index in [1.54, 1.807) is 6.20 Å². The average molecular weight is 335 g/mol. The minimum Gasteiger partial charge on any atom is -0.356 e. The highest BCUT2D eigenvalue weighted by atomic mass is 35.5. The standard InChI is InChI=1S/C14H22N4O.2ClH/c1-15-7-5-9-17-14(19)12-6-4-8-16-13(12)18-10-2-3-11-18;;/h4,6,8,15H,2-3,5,7,9-11H2,1H3,(H,17,19);2*1H. The van der Waals surface area contributed by atoms with Crippen molar-refractivity contribution in [1.82, 2.24) is 15.6 Å². The summed E-state index contributed by atoms with van der Waals surface area (Å²) in [6, 6.07) is 3.68. The molecule has 1 fully saturated rings. The Morgan fingerprint density at radius 3 is 2.67 bits per heavy atom. The van der Waals surface area contributed by atoms with Crippen molar-refractivity contribution in [3.63, 3.8) is 0 Å². The molecule has 0 atom stereocenters. The van der Waals surface area contributed by atoms with Crippen LogP contribution in [0.5, 0.6) is 0 Å². The summed E-state index contributed by atoms with van der Waals surface area (Å²) < 4.78 is 0. The molecule has 1 aromatic heterocycles. The highest BCUT2D eigenvalue weighted by molar-refractivity contribution is 5.98. The molecule has 2 rings (SSSR count). The highest BCUT2D eigenvalue weighted by Gasteiger charge is 2.20. The van der Waals surface area contributed by atoms with Gasteiger partial charge in [-0.1, -0.05) is 0 Å². The monoisotopic (exact) mass is 334 g/mol. The van der Waals surface area contributed by atoms with Crippen LogP contribution in [-0.4, -0.2) is 44.1 Å². The van der Waals surface area contributed by atoms with E-state index in [2.05, 4.69) is 20.5 Å². The third kappa shape index (κ3) is 5.69. The summed E-state index contributed by atoms with van der Waals surface area (Å²) in [5.41, 5.74) is 0.689. The van der Waals surface area contributed by atoms with Crippen LogP contribution in [0.3, 0.4) is 0 Å². The van der Waals surface area contributed by atoms with E-state index < -0.39 is 0 Å². The molecule has 0 saturated carbocycles. The zero-order chi connectivity index (χ0) is 13.5. The summed E-state index contributed by atoms with van der Waals surface area (Å²) in [5, 5.41) is 6.02. The first kappa shape index (κ1) is 20.0. The number of hydrogen-bond acceptors (Lipinski definition) is 4. The maximum Gasteiger partial charge on any atom is 0.255 e. The van der Waals surface area contributed by atoms with Gasteiger partial charge in [0, 0.05) is 25.8 Å². The van der Waals surface area contributed by atoms with Crippen molar-refractivity contribution in [2.24, 2.45) is 0 Å². The second-order valence-electron chi connectivity index (χ2n) is 4.78. The lowest BCUT2D eigenvalue weighted by Gasteiger charge is -2.19. The van der Waals surface area contributed by atoms with Gasteiger partial charge in [-0.3, -0.25) is 4.79 Å². The number of nitrogens with zero attached hydrogens (tertiary/aromatic N) is 2. The summed E-state index contributed by atoms with van der Waals surface area (Å²) in [5.74, 6) is 0.803. The second kappa shape index (κ2) is 10.7. The molecule has 0 radical (unpaired) electrons. The van der Waals surface area contributed by atoms with E-state index in [-0.39, 0.29) is 30.7 Å². The lowest BCUT2D eigenvalue weighted by molar-refractivity contribution is 0.0953. The van der Waals surface area contributed by atoms with Gasteiger partial charge in [-0.25, -0.2) is 4.98 Å². The fourth-order valence-corrected chi connectivity index (χ4v) is 2.32. The quantitative estimate of drug-likeness (QED) is 0.780. The van der Waals surface area contributed by atoms with Gasteiger partial charge in [0.2, 0.25) is 0 Å². The Morgan fingerprint density at radius 2 is 2.00 bits per heavy atom. The summed E-state index contributed by atoms with van der Waals surface area (Å²) in [4.78, 5) is 18.8. The molecule has 120 valence electrons. The molecule has 1 amide bonds. The third-order valence-electron chi connectivity index (χ3n) is 3.33. The molecule has 7 heteroatoms. The van der Waals surface area contributed by atoms with Crippen LogP contribution in [-0.2, 0) is 0 Å². The second-order valence-corrected chi connectivity index (χ2v) is 4.78. The van der Waals surface area contributed by atoms with Crippen LogP contribution in [0.15, 0.2) is 18.3 Å². The van der Waals surface area contributed by atoms with Crippen molar-refractivity contribution >= 4 is 36.5 Å². The van der Waals surface area contributed by atoms with Gasteiger partial charge in [-0.15, -0.1) is 24.8 Å². The Bertz CT molecular complexity index is 425. The molecule has 0 aromatic carbocycles. The normalized spacial score (nSPS) is 13.3. The van der Waals surface area contributed by atoms with E-state index >= 15 is 0 Å². The van der Waals surface area contributed by atoms with Crippen molar-refractivity contribution in [2.75, 3.05) is 38.1 Å². The van der Waals surface area contributed by atoms with E-state index in [1.165, 1.54) is 12.8 Å². The third-order valence-corrected chi connectivity index (χ3v) is 3.33. The average Bonchev–Trinajstić information content (AvgIpc) is 2.97. The summed E-state index contributed by atoms with van der Waals surface area (Å²) in [6.45, 7) is 3.59. The van der Waals surface area contributed by atoms with E-state index in [0.29, 0.717) is 12.1 Å². The van der Waals surface area contributed by atoms with Gasteiger partial charge in [0.05, 0.1) is 5.56 Å². The van der Waals surface area contributed by atoms with Crippen LogP contribution in [0, 0.1) is 0 Å². The van der Waals surface area contributed by atoms with E-state index in [1.807, 2.05) is 19.2 Å². The Kier molecular flexibility index (Phi) is 10.1. The highest BCUT2D eigenvalue weighted by Crippen LogP contribution is 2.21. The van der Waals surface area contributed by atoms with Crippen LogP contribution in [0.4, 0.5) is 5.82 Å². The Morgan fingerprint density at radius 1 is 1.29 bits per heavy atom. The molecule has 1 aromatic rings. The minimum absolute atomic E-state index is 0. The van der Waals surface area contributed by atoms with Crippen molar-refractivity contribution in [3.05, 3.63) is 23.9 Å². The van der Waals surface area contributed by atoms with Gasteiger partial charge < -0.3 is 15.5 Å². The number of carbonyl (C=O) groups excluding carboxylic acids is 1. The number of aromatic nitrogens is 1. The Labute approximate surface area is 138 Å². The van der Waals surface area contributed by atoms with Gasteiger partial charge >= 0.3 is 0 Å². The Hall–Kier alpha value is -1.04. The molecule has 0 unspecified atom stereocenters. The number of amides is 1. The zero-order valence-electron chi connectivity index (χ0n) is 12.3. The number of carbonyl (C=O) groups is 1. The molecule has 2 heterocycles. The molecular weight excluding hydrogens is 311 g/mol. The van der Waals surface area contributed by atoms with Gasteiger partial charge in [-0.05, 0) is 45.0 Å². The van der Waals surface area contributed by atoms with Crippen LogP contribution in [0.1, 0.15) is 29.6 Å². The molecule has 0 bridgehead atoms. The first-order valence-electron chi connectivity index (χ1n) is 6.95. The summed E-state index contributed by atoms with van der Waals surface area (Å²) in [7, 11) is 1.91. The van der Waals surface area contributed by atoms with Crippen molar-refractivity contribution in [2.45, 2.75) is 19.3 Å². The lowest BCUT2D eigenvalue weighted by Crippen LogP contribution is -2.29. The molecule has 0 spiro atoms. The van der Waals surface area contributed by atoms with Gasteiger partial charge in [0.15, 0.2) is 0 Å². The fourth-order valence-electron chi connectivity index (χ4n) is 2.32. The maximum atomic E-state index is 12.2. The molecule has 1 saturated heterocycles. The smallest absolute Gasteiger partial charge is 0.255 e. The van der Waals surface area contributed by atoms with Crippen molar-refractivity contribution < 1.29 is 4.79 Å². The number of anilines is 1. The largest absolute Gasteiger partial charge is 0.356 e. The molecule has 1 aliphatic rings. The number of hydrogen-bond donors (Lipinski definition) is 2. The molecule has 5 nitrogen and oxygen atoms in total. The summed E-state index contributed by atoms with van der Waals surface area (Å²) in [6.07, 6.45) is 5.05. The van der Waals surface area contributed by atoms with Crippen LogP contribution >= 0.6 is 24.8 Å². The SMILES string of the molecule is CNCCCNC(=O)c1cccnc1N1CCCC1.Cl.Cl. The predicted octanol–water partition coefficient (Wildman–Crippen LogP) is 1.86. The van der Waals surface area contributed by atoms with Gasteiger partial charge in [0.1, 0.15) is 5.82 Å². The lowest BCUT2D eigenvalue weighted by atomic mass is 10.2. The van der Waals surface area contributed by atoms with Gasteiger partial charge in [-0.2, -0.15) is 0 Å². The first-order valence-corrected chi connectivity index (χ1v) is 6.95. The van der Waals surface area contributed by atoms with E-state index in [4.69, 9.17) is 0 Å². The van der Waals surface area contributed by atoms with E-state index in [9.17, 15) is 4.79 Å². The Balaban J connectivity index is 0.00000200. The van der Waals surface area contributed by atoms with Crippen LogP contribution in [0.2, 0.25) is 0 Å². The zero-order valence-corrected chi connectivity index (χ0v) is 13.9. The maximum absolute atomic E-state index is 12.2. The molecule has 2 N–H and O–H groups in total. The number of nitrogens with one attached hydrogen (secondary N) is 2. The van der Waals surface area contributed by atoms with Gasteiger partial charge in [0.25, 0.3) is 5.91 Å². The number of rotatable bonds is 6. The minimum atomic E-state index is -0.0221. The van der Waals surface area contributed by atoms with Crippen molar-refractivity contribution in [1.29, 1.82) is 0 Å². The first-order chi connectivity index (χ1) is 9.33. The topological polar surface area (TPSA) is 57.3 Å². The summed E-state index contributed by atoms with van der Waals surface area (Å²) >= 11 is 0. The van der Waals surface area contributed by atoms with Crippen LogP contribution < -0.4 is 15.5 Å². The number of halogens is 2. The fraction of sp³-hybridized carbons (Fsp3) is 0.571. The molecular formula is C14H24Cl2N4O. The van der Waals surface area contributed by atoms with Crippen molar-refractivity contribution in [3.8, 4) is 0 Å².